The van der Waals surface area contributed by atoms with Gasteiger partial charge in [-0.25, -0.2) is 4.39 Å². The maximum atomic E-state index is 13.7. The van der Waals surface area contributed by atoms with Crippen LogP contribution >= 0.6 is 11.6 Å². The molecule has 4 rings (SSSR count). The molecule has 0 radical (unpaired) electrons. The third-order valence-corrected chi connectivity index (χ3v) is 5.50. The third-order valence-electron chi connectivity index (χ3n) is 5.19. The number of benzene rings is 4. The minimum absolute atomic E-state index is 0.148. The molecule has 0 aliphatic heterocycles. The van der Waals surface area contributed by atoms with Crippen molar-refractivity contribution in [2.45, 2.75) is 26.2 Å². The van der Waals surface area contributed by atoms with Gasteiger partial charge in [-0.15, -0.1) is 0 Å². The van der Waals surface area contributed by atoms with Crippen LogP contribution in [0.25, 0.3) is 33.0 Å². The van der Waals surface area contributed by atoms with Crippen molar-refractivity contribution in [1.82, 2.24) is 0 Å². The van der Waals surface area contributed by atoms with Crippen molar-refractivity contribution >= 4 is 22.4 Å². The van der Waals surface area contributed by atoms with Crippen LogP contribution in [-0.4, -0.2) is 0 Å². The highest BCUT2D eigenvalue weighted by Gasteiger charge is 2.05. The van der Waals surface area contributed by atoms with Crippen molar-refractivity contribution in [1.29, 1.82) is 0 Å². The van der Waals surface area contributed by atoms with E-state index < -0.39 is 5.82 Å². The van der Waals surface area contributed by atoms with E-state index in [4.69, 9.17) is 11.6 Å². The first-order valence-corrected chi connectivity index (χ1v) is 10.1. The molecular weight excluding hydrogens is 367 g/mol. The number of hydrogen-bond acceptors (Lipinski definition) is 0. The largest absolute Gasteiger partial charge is 0.205 e. The van der Waals surface area contributed by atoms with E-state index in [-0.39, 0.29) is 5.02 Å². The summed E-state index contributed by atoms with van der Waals surface area (Å²) in [6, 6.07) is 26.5. The second-order valence-electron chi connectivity index (χ2n) is 7.21. The van der Waals surface area contributed by atoms with Crippen LogP contribution in [0.15, 0.2) is 78.9 Å². The van der Waals surface area contributed by atoms with Crippen molar-refractivity contribution in [3.05, 3.63) is 95.3 Å². The Balaban J connectivity index is 1.61. The molecule has 28 heavy (non-hydrogen) atoms. The monoisotopic (exact) mass is 388 g/mol. The number of aryl methyl sites for hydroxylation is 1. The molecule has 0 heterocycles. The molecule has 4 aromatic rings. The molecule has 0 aliphatic rings. The highest BCUT2D eigenvalue weighted by molar-refractivity contribution is 6.30. The van der Waals surface area contributed by atoms with E-state index in [9.17, 15) is 4.39 Å². The van der Waals surface area contributed by atoms with E-state index in [0.717, 1.165) is 23.1 Å². The summed E-state index contributed by atoms with van der Waals surface area (Å²) >= 11 is 5.78. The average Bonchev–Trinajstić information content (AvgIpc) is 2.74. The molecule has 0 nitrogen and oxygen atoms in total. The molecule has 0 aliphatic carbocycles. The van der Waals surface area contributed by atoms with Gasteiger partial charge in [0.15, 0.2) is 0 Å². The summed E-state index contributed by atoms with van der Waals surface area (Å²) in [7, 11) is 0. The molecule has 0 atom stereocenters. The lowest BCUT2D eigenvalue weighted by Crippen LogP contribution is -1.86. The highest BCUT2D eigenvalue weighted by atomic mass is 35.5. The van der Waals surface area contributed by atoms with Gasteiger partial charge in [0, 0.05) is 0 Å². The Morgan fingerprint density at radius 2 is 1.25 bits per heavy atom. The third kappa shape index (κ3) is 3.95. The molecule has 0 unspecified atom stereocenters. The van der Waals surface area contributed by atoms with Crippen LogP contribution in [0.5, 0.6) is 0 Å². The average molecular weight is 389 g/mol. The number of halogens is 2. The van der Waals surface area contributed by atoms with E-state index in [1.807, 2.05) is 18.2 Å². The van der Waals surface area contributed by atoms with Crippen molar-refractivity contribution in [3.8, 4) is 22.3 Å². The Morgan fingerprint density at radius 1 is 0.679 bits per heavy atom. The first kappa shape index (κ1) is 18.7. The maximum Gasteiger partial charge on any atom is 0.142 e. The molecule has 0 saturated heterocycles. The quantitative estimate of drug-likeness (QED) is 0.322. The Hall–Kier alpha value is -2.64. The minimum Gasteiger partial charge on any atom is -0.205 e. The lowest BCUT2D eigenvalue weighted by Gasteiger charge is -2.08. The fraction of sp³-hybridized carbons (Fsp3) is 0.154. The molecule has 2 heteroatoms. The van der Waals surface area contributed by atoms with Gasteiger partial charge in [-0.05, 0) is 69.6 Å². The summed E-state index contributed by atoms with van der Waals surface area (Å²) in [5.41, 5.74) is 5.53. The summed E-state index contributed by atoms with van der Waals surface area (Å²) in [5, 5.41) is 2.68. The number of rotatable bonds is 5. The summed E-state index contributed by atoms with van der Waals surface area (Å²) in [4.78, 5) is 0. The molecular formula is C26H22ClF. The molecule has 0 amide bonds. The van der Waals surface area contributed by atoms with Gasteiger partial charge in [-0.2, -0.15) is 0 Å². The lowest BCUT2D eigenvalue weighted by molar-refractivity contribution is 0.629. The van der Waals surface area contributed by atoms with Crippen LogP contribution in [0, 0.1) is 5.82 Å². The normalized spacial score (nSPS) is 11.1. The predicted molar refractivity (Wildman–Crippen MR) is 118 cm³/mol. The zero-order chi connectivity index (χ0) is 19.5. The number of fused-ring (bicyclic) bond motifs is 1. The predicted octanol–water partition coefficient (Wildman–Crippen LogP) is 8.31. The van der Waals surface area contributed by atoms with Crippen LogP contribution in [0.1, 0.15) is 25.3 Å². The first-order chi connectivity index (χ1) is 13.6. The molecule has 0 aromatic heterocycles. The molecule has 0 N–H and O–H groups in total. The van der Waals surface area contributed by atoms with Crippen LogP contribution in [-0.2, 0) is 6.42 Å². The number of unbranched alkanes of at least 4 members (excludes halogenated alkanes) is 1. The van der Waals surface area contributed by atoms with E-state index in [0.29, 0.717) is 0 Å². The van der Waals surface area contributed by atoms with Gasteiger partial charge in [-0.1, -0.05) is 85.6 Å². The second kappa shape index (κ2) is 8.16. The number of hydrogen-bond donors (Lipinski definition) is 0. The SMILES string of the molecule is CCCCc1ccc2cc(-c3ccc(-c4ccc(Cl)c(F)c4)cc3)ccc2c1. The molecule has 4 aromatic carbocycles. The van der Waals surface area contributed by atoms with Gasteiger partial charge in [0.1, 0.15) is 5.82 Å². The topological polar surface area (TPSA) is 0 Å². The fourth-order valence-electron chi connectivity index (χ4n) is 3.54. The zero-order valence-corrected chi connectivity index (χ0v) is 16.6. The van der Waals surface area contributed by atoms with Gasteiger partial charge in [-0.3, -0.25) is 0 Å². The summed E-state index contributed by atoms with van der Waals surface area (Å²) < 4.78 is 13.7. The van der Waals surface area contributed by atoms with Crippen LogP contribution in [0.2, 0.25) is 5.02 Å². The van der Waals surface area contributed by atoms with Crippen LogP contribution < -0.4 is 0 Å². The van der Waals surface area contributed by atoms with E-state index in [2.05, 4.69) is 55.5 Å². The van der Waals surface area contributed by atoms with E-state index >= 15 is 0 Å². The first-order valence-electron chi connectivity index (χ1n) is 9.72. The van der Waals surface area contributed by atoms with Gasteiger partial charge >= 0.3 is 0 Å². The van der Waals surface area contributed by atoms with E-state index in [1.54, 1.807) is 6.07 Å². The lowest BCUT2D eigenvalue weighted by atomic mass is 9.97. The zero-order valence-electron chi connectivity index (χ0n) is 15.9. The molecule has 0 spiro atoms. The van der Waals surface area contributed by atoms with Crippen molar-refractivity contribution in [2.75, 3.05) is 0 Å². The molecule has 0 saturated carbocycles. The van der Waals surface area contributed by atoms with Gasteiger partial charge in [0.2, 0.25) is 0 Å². The fourth-order valence-corrected chi connectivity index (χ4v) is 3.66. The second-order valence-corrected chi connectivity index (χ2v) is 7.61. The van der Waals surface area contributed by atoms with Crippen molar-refractivity contribution in [3.63, 3.8) is 0 Å². The summed E-state index contributed by atoms with van der Waals surface area (Å²) in [5.74, 6) is -0.393. The Bertz CT molecular complexity index is 1110. The summed E-state index contributed by atoms with van der Waals surface area (Å²) in [6.07, 6.45) is 3.59. The van der Waals surface area contributed by atoms with Gasteiger partial charge < -0.3 is 0 Å². The maximum absolute atomic E-state index is 13.7. The van der Waals surface area contributed by atoms with Gasteiger partial charge in [0.05, 0.1) is 5.02 Å². The molecule has 140 valence electrons. The van der Waals surface area contributed by atoms with Crippen molar-refractivity contribution < 1.29 is 4.39 Å². The highest BCUT2D eigenvalue weighted by Crippen LogP contribution is 2.29. The van der Waals surface area contributed by atoms with Gasteiger partial charge in [0.25, 0.3) is 0 Å². The molecule has 0 fully saturated rings. The minimum atomic E-state index is -0.393. The van der Waals surface area contributed by atoms with Crippen LogP contribution in [0.4, 0.5) is 4.39 Å². The molecule has 0 bridgehead atoms. The Morgan fingerprint density at radius 3 is 1.93 bits per heavy atom. The smallest absolute Gasteiger partial charge is 0.142 e. The van der Waals surface area contributed by atoms with E-state index in [1.165, 1.54) is 40.8 Å². The summed E-state index contributed by atoms with van der Waals surface area (Å²) in [6.45, 7) is 2.22. The standard InChI is InChI=1S/C26H22ClF/c1-2-3-4-18-5-6-23-16-22(12-11-21(23)15-18)19-7-9-20(10-8-19)24-13-14-25(27)26(28)17-24/h5-17H,2-4H2,1H3. The van der Waals surface area contributed by atoms with Crippen LogP contribution in [0.3, 0.4) is 0 Å². The van der Waals surface area contributed by atoms with Crippen molar-refractivity contribution in [2.24, 2.45) is 0 Å². The Kier molecular flexibility index (Phi) is 5.45. The Labute approximate surface area is 170 Å².